The number of benzene rings is 1. The lowest BCUT2D eigenvalue weighted by Gasteiger charge is -2.30. The third-order valence-corrected chi connectivity index (χ3v) is 3.65. The van der Waals surface area contributed by atoms with E-state index in [1.54, 1.807) is 18.2 Å². The molecule has 0 aromatic heterocycles. The maximum Gasteiger partial charge on any atom is 0.279 e. The van der Waals surface area contributed by atoms with Crippen LogP contribution in [0.25, 0.3) is 0 Å². The van der Waals surface area contributed by atoms with Gasteiger partial charge in [-0.05, 0) is 11.6 Å². The summed E-state index contributed by atoms with van der Waals surface area (Å²) >= 11 is 0. The quantitative estimate of drug-likeness (QED) is 0.554. The summed E-state index contributed by atoms with van der Waals surface area (Å²) in [5, 5.41) is 32.3. The lowest BCUT2D eigenvalue weighted by atomic mass is 9.81. The molecule has 24 heavy (non-hydrogen) atoms. The molecule has 1 aliphatic rings. The van der Waals surface area contributed by atoms with Crippen molar-refractivity contribution in [1.82, 2.24) is 0 Å². The molecule has 1 aromatic carbocycles. The Balaban J connectivity index is 2.47. The van der Waals surface area contributed by atoms with Crippen molar-refractivity contribution in [3.8, 4) is 0 Å². The number of hydrogen-bond donors (Lipinski definition) is 2. The molecule has 3 atom stereocenters. The topological polar surface area (TPSA) is 159 Å². The molecule has 0 amide bonds. The van der Waals surface area contributed by atoms with Gasteiger partial charge in [-0.25, -0.2) is 5.90 Å². The van der Waals surface area contributed by atoms with Gasteiger partial charge in [-0.2, -0.15) is 0 Å². The molecule has 3 N–H and O–H groups in total. The number of ketones is 1. The Hall–Kier alpha value is -2.95. The van der Waals surface area contributed by atoms with Gasteiger partial charge in [0, 0.05) is 11.0 Å². The van der Waals surface area contributed by atoms with Gasteiger partial charge in [0.2, 0.25) is 11.4 Å². The summed E-state index contributed by atoms with van der Waals surface area (Å²) in [6, 6.07) is 5.71. The number of carbonyl (C=O) groups excluding carboxylic acids is 1. The summed E-state index contributed by atoms with van der Waals surface area (Å²) in [6.45, 7) is 0. The Bertz CT molecular complexity index is 731. The van der Waals surface area contributed by atoms with Gasteiger partial charge in [-0.1, -0.05) is 30.3 Å². The zero-order valence-electron chi connectivity index (χ0n) is 12.1. The van der Waals surface area contributed by atoms with Crippen LogP contribution in [-0.4, -0.2) is 32.4 Å². The molecule has 0 heterocycles. The van der Waals surface area contributed by atoms with E-state index in [0.29, 0.717) is 6.08 Å². The fourth-order valence-corrected chi connectivity index (χ4v) is 2.38. The first-order chi connectivity index (χ1) is 11.3. The molecular formula is C14H13N3O7. The summed E-state index contributed by atoms with van der Waals surface area (Å²) in [7, 11) is 0. The molecular weight excluding hydrogens is 322 g/mol. The number of Topliss-reactive ketones (excluding diaryl/α,β-unsaturated/α-hetero) is 1. The lowest BCUT2D eigenvalue weighted by molar-refractivity contribution is -0.529. The molecule has 0 bridgehead atoms. The third-order valence-electron chi connectivity index (χ3n) is 3.65. The van der Waals surface area contributed by atoms with E-state index in [9.17, 15) is 30.1 Å². The number of aliphatic hydroxyl groups is 1. The standard InChI is InChI=1S/C14H13N3O7/c15-24-14(13(19)12(18)9-4-2-1-3-5-9)7-6-10(16(20)21)8-11(14)17(22)23/h1-8,11-12,18H,15H2. The van der Waals surface area contributed by atoms with Gasteiger partial charge in [-0.15, -0.1) is 0 Å². The first-order valence-corrected chi connectivity index (χ1v) is 6.67. The van der Waals surface area contributed by atoms with Gasteiger partial charge >= 0.3 is 0 Å². The Morgan fingerprint density at radius 1 is 1.29 bits per heavy atom. The van der Waals surface area contributed by atoms with Crippen LogP contribution in [0.5, 0.6) is 0 Å². The van der Waals surface area contributed by atoms with Crippen LogP contribution in [0.15, 0.2) is 54.3 Å². The van der Waals surface area contributed by atoms with Crippen molar-refractivity contribution in [2.75, 3.05) is 0 Å². The highest BCUT2D eigenvalue weighted by molar-refractivity contribution is 5.95. The maximum atomic E-state index is 12.6. The average molecular weight is 335 g/mol. The van der Waals surface area contributed by atoms with Crippen LogP contribution in [0.2, 0.25) is 0 Å². The van der Waals surface area contributed by atoms with Gasteiger partial charge in [0.1, 0.15) is 6.10 Å². The number of nitrogens with zero attached hydrogens (tertiary/aromatic N) is 2. The summed E-state index contributed by atoms with van der Waals surface area (Å²) in [4.78, 5) is 37.5. The molecule has 126 valence electrons. The number of aliphatic hydroxyl groups excluding tert-OH is 1. The van der Waals surface area contributed by atoms with E-state index in [1.165, 1.54) is 12.1 Å². The molecule has 0 aliphatic heterocycles. The molecule has 3 unspecified atom stereocenters. The molecule has 0 fully saturated rings. The minimum atomic E-state index is -2.36. The number of carbonyl (C=O) groups is 1. The second-order valence-corrected chi connectivity index (χ2v) is 5.00. The van der Waals surface area contributed by atoms with Gasteiger partial charge in [0.25, 0.3) is 11.7 Å². The minimum absolute atomic E-state index is 0.179. The Morgan fingerprint density at radius 2 is 1.92 bits per heavy atom. The molecule has 10 nitrogen and oxygen atoms in total. The van der Waals surface area contributed by atoms with Crippen molar-refractivity contribution in [3.05, 3.63) is 80.0 Å². The summed E-state index contributed by atoms with van der Waals surface area (Å²) in [5.74, 6) is 4.01. The summed E-state index contributed by atoms with van der Waals surface area (Å²) < 4.78 is 0. The number of nitrogens with two attached hydrogens (primary N) is 1. The number of nitro groups is 2. The van der Waals surface area contributed by atoms with Crippen molar-refractivity contribution in [3.63, 3.8) is 0 Å². The van der Waals surface area contributed by atoms with Crippen molar-refractivity contribution >= 4 is 5.78 Å². The predicted molar refractivity (Wildman–Crippen MR) is 79.4 cm³/mol. The van der Waals surface area contributed by atoms with Crippen LogP contribution < -0.4 is 5.90 Å². The van der Waals surface area contributed by atoms with Crippen molar-refractivity contribution in [2.24, 2.45) is 5.90 Å². The van der Waals surface area contributed by atoms with Crippen molar-refractivity contribution < 1.29 is 24.6 Å². The third kappa shape index (κ3) is 2.93. The number of allylic oxidation sites excluding steroid dienone is 1. The highest BCUT2D eigenvalue weighted by atomic mass is 16.7. The van der Waals surface area contributed by atoms with E-state index in [1.807, 2.05) is 0 Å². The Morgan fingerprint density at radius 3 is 2.42 bits per heavy atom. The number of rotatable bonds is 6. The monoisotopic (exact) mass is 335 g/mol. The molecule has 2 rings (SSSR count). The molecule has 0 spiro atoms. The fraction of sp³-hybridized carbons (Fsp3) is 0.214. The minimum Gasteiger partial charge on any atom is -0.380 e. The number of hydrogen-bond acceptors (Lipinski definition) is 8. The predicted octanol–water partition coefficient (Wildman–Crippen LogP) is 0.294. The van der Waals surface area contributed by atoms with Gasteiger partial charge in [0.05, 0.1) is 11.0 Å². The average Bonchev–Trinajstić information content (AvgIpc) is 2.60. The molecule has 0 saturated carbocycles. The van der Waals surface area contributed by atoms with E-state index in [0.717, 1.165) is 12.2 Å². The maximum absolute atomic E-state index is 12.6. The molecule has 0 radical (unpaired) electrons. The van der Waals surface area contributed by atoms with Crippen LogP contribution in [-0.2, 0) is 9.63 Å². The Labute approximate surface area is 135 Å². The molecule has 1 aromatic rings. The first-order valence-electron chi connectivity index (χ1n) is 6.67. The van der Waals surface area contributed by atoms with E-state index in [-0.39, 0.29) is 5.56 Å². The zero-order valence-corrected chi connectivity index (χ0v) is 12.1. The molecule has 10 heteroatoms. The van der Waals surface area contributed by atoms with Crippen molar-refractivity contribution in [2.45, 2.75) is 17.7 Å². The smallest absolute Gasteiger partial charge is 0.279 e. The SMILES string of the molecule is NOC1(C(=O)C(O)c2ccccc2)C=CC([N+](=O)[O-])=CC1[N+](=O)[O-]. The van der Waals surface area contributed by atoms with Crippen LogP contribution in [0.1, 0.15) is 11.7 Å². The lowest BCUT2D eigenvalue weighted by Crippen LogP contribution is -2.57. The summed E-state index contributed by atoms with van der Waals surface area (Å²) in [6.07, 6.45) is 0.602. The van der Waals surface area contributed by atoms with Crippen LogP contribution in [0, 0.1) is 20.2 Å². The second-order valence-electron chi connectivity index (χ2n) is 5.00. The van der Waals surface area contributed by atoms with E-state index in [4.69, 9.17) is 5.90 Å². The van der Waals surface area contributed by atoms with Gasteiger partial charge < -0.3 is 5.11 Å². The highest BCUT2D eigenvalue weighted by Crippen LogP contribution is 2.32. The normalized spacial score (nSPS) is 24.1. The first kappa shape index (κ1) is 17.4. The second kappa shape index (κ2) is 6.66. The van der Waals surface area contributed by atoms with E-state index in [2.05, 4.69) is 4.84 Å². The van der Waals surface area contributed by atoms with Crippen LogP contribution >= 0.6 is 0 Å². The summed E-state index contributed by atoms with van der Waals surface area (Å²) in [5.41, 5.74) is -2.76. The molecule has 1 aliphatic carbocycles. The Kier molecular flexibility index (Phi) is 4.83. The molecule has 0 saturated heterocycles. The van der Waals surface area contributed by atoms with Crippen LogP contribution in [0.3, 0.4) is 0 Å². The fourth-order valence-electron chi connectivity index (χ4n) is 2.38. The van der Waals surface area contributed by atoms with Gasteiger partial charge in [0.15, 0.2) is 0 Å². The highest BCUT2D eigenvalue weighted by Gasteiger charge is 2.56. The van der Waals surface area contributed by atoms with Crippen molar-refractivity contribution in [1.29, 1.82) is 0 Å². The van der Waals surface area contributed by atoms with E-state index < -0.39 is 39.1 Å². The van der Waals surface area contributed by atoms with Crippen LogP contribution in [0.4, 0.5) is 0 Å². The largest absolute Gasteiger partial charge is 0.380 e. The van der Waals surface area contributed by atoms with Gasteiger partial charge in [-0.3, -0.25) is 29.9 Å². The van der Waals surface area contributed by atoms with E-state index >= 15 is 0 Å². The zero-order chi connectivity index (χ0) is 17.9.